The third-order valence-electron chi connectivity index (χ3n) is 5.51. The number of para-hydroxylation sites is 1. The maximum Gasteiger partial charge on any atom is 0.573 e. The predicted molar refractivity (Wildman–Crippen MR) is 102 cm³/mol. The molecule has 1 saturated carbocycles. The van der Waals surface area contributed by atoms with Crippen molar-refractivity contribution >= 4 is 5.91 Å². The number of likely N-dealkylation sites (tertiary alicyclic amines) is 1. The average Bonchev–Trinajstić information content (AvgIpc) is 2.68. The number of amides is 1. The smallest absolute Gasteiger partial charge is 0.405 e. The van der Waals surface area contributed by atoms with Crippen LogP contribution in [-0.4, -0.2) is 49.0 Å². The molecule has 29 heavy (non-hydrogen) atoms. The van der Waals surface area contributed by atoms with E-state index in [0.717, 1.165) is 38.8 Å². The molecule has 8 heteroatoms. The van der Waals surface area contributed by atoms with E-state index < -0.39 is 6.36 Å². The van der Waals surface area contributed by atoms with Crippen LogP contribution in [0.1, 0.15) is 50.5 Å². The van der Waals surface area contributed by atoms with Crippen molar-refractivity contribution in [1.29, 1.82) is 0 Å². The minimum absolute atomic E-state index is 0.00760. The van der Waals surface area contributed by atoms with Crippen LogP contribution >= 0.6 is 0 Å². The molecule has 0 bridgehead atoms. The summed E-state index contributed by atoms with van der Waals surface area (Å²) < 4.78 is 47.7. The molecule has 0 atom stereocenters. The first-order chi connectivity index (χ1) is 13.9. The van der Waals surface area contributed by atoms with E-state index in [1.54, 1.807) is 6.07 Å². The number of nitrogens with zero attached hydrogens (tertiary/aromatic N) is 1. The summed E-state index contributed by atoms with van der Waals surface area (Å²) in [4.78, 5) is 14.3. The van der Waals surface area contributed by atoms with Gasteiger partial charge in [-0.2, -0.15) is 0 Å². The standard InChI is InChI=1S/C21H29F3N2O3/c22-21(23,24)29-19-9-5-4-6-16(19)14-25-20(27)15-26-12-10-18(11-13-26)28-17-7-2-1-3-8-17/h4-6,9,17-18H,1-3,7-8,10-15H2,(H,25,27). The van der Waals surface area contributed by atoms with Crippen LogP contribution in [0.15, 0.2) is 24.3 Å². The van der Waals surface area contributed by atoms with Gasteiger partial charge in [-0.25, -0.2) is 0 Å². The Bertz CT molecular complexity index is 655. The maximum atomic E-state index is 12.5. The molecular weight excluding hydrogens is 385 g/mol. The molecular formula is C21H29F3N2O3. The summed E-state index contributed by atoms with van der Waals surface area (Å²) in [5.41, 5.74) is 0.290. The highest BCUT2D eigenvalue weighted by molar-refractivity contribution is 5.78. The molecule has 1 aromatic rings. The molecule has 1 aliphatic carbocycles. The number of carbonyl (C=O) groups is 1. The average molecular weight is 414 g/mol. The monoisotopic (exact) mass is 414 g/mol. The van der Waals surface area contributed by atoms with Gasteiger partial charge in [-0.3, -0.25) is 9.69 Å². The van der Waals surface area contributed by atoms with Gasteiger partial charge in [0.05, 0.1) is 18.8 Å². The molecule has 162 valence electrons. The summed E-state index contributed by atoms with van der Waals surface area (Å²) in [6.07, 6.45) is 3.83. The molecule has 3 rings (SSSR count). The van der Waals surface area contributed by atoms with Crippen molar-refractivity contribution in [3.63, 3.8) is 0 Å². The SMILES string of the molecule is O=C(CN1CCC(OC2CCCCC2)CC1)NCc1ccccc1OC(F)(F)F. The van der Waals surface area contributed by atoms with Crippen LogP contribution < -0.4 is 10.1 Å². The van der Waals surface area contributed by atoms with Gasteiger partial charge in [0.25, 0.3) is 0 Å². The van der Waals surface area contributed by atoms with Crippen LogP contribution in [0.5, 0.6) is 5.75 Å². The maximum absolute atomic E-state index is 12.5. The molecule has 0 spiro atoms. The lowest BCUT2D eigenvalue weighted by Gasteiger charge is -2.34. The number of alkyl halides is 3. The third-order valence-corrected chi connectivity index (χ3v) is 5.51. The van der Waals surface area contributed by atoms with Crippen molar-refractivity contribution < 1.29 is 27.4 Å². The molecule has 0 aromatic heterocycles. The summed E-state index contributed by atoms with van der Waals surface area (Å²) >= 11 is 0. The van der Waals surface area contributed by atoms with Gasteiger partial charge in [0.1, 0.15) is 5.75 Å². The zero-order chi connectivity index (χ0) is 20.7. The molecule has 2 fully saturated rings. The molecule has 1 saturated heterocycles. The fourth-order valence-electron chi connectivity index (χ4n) is 4.00. The molecule has 1 aromatic carbocycles. The highest BCUT2D eigenvalue weighted by Gasteiger charge is 2.32. The van der Waals surface area contributed by atoms with Crippen LogP contribution in [0, 0.1) is 0 Å². The van der Waals surface area contributed by atoms with E-state index in [-0.39, 0.29) is 36.4 Å². The Morgan fingerprint density at radius 2 is 1.69 bits per heavy atom. The third kappa shape index (κ3) is 7.51. The molecule has 5 nitrogen and oxygen atoms in total. The van der Waals surface area contributed by atoms with Gasteiger partial charge in [-0.15, -0.1) is 13.2 Å². The number of hydrogen-bond donors (Lipinski definition) is 1. The number of rotatable bonds is 7. The summed E-state index contributed by atoms with van der Waals surface area (Å²) in [6, 6.07) is 5.83. The zero-order valence-electron chi connectivity index (χ0n) is 16.5. The van der Waals surface area contributed by atoms with E-state index in [9.17, 15) is 18.0 Å². The number of nitrogens with one attached hydrogen (secondary N) is 1. The first kappa shape index (κ1) is 21.9. The van der Waals surface area contributed by atoms with E-state index in [4.69, 9.17) is 4.74 Å². The number of benzene rings is 1. The van der Waals surface area contributed by atoms with E-state index in [1.165, 1.54) is 37.5 Å². The molecule has 1 heterocycles. The first-order valence-corrected chi connectivity index (χ1v) is 10.4. The lowest BCUT2D eigenvalue weighted by molar-refractivity contribution is -0.274. The van der Waals surface area contributed by atoms with E-state index in [0.29, 0.717) is 6.10 Å². The minimum atomic E-state index is -4.76. The Morgan fingerprint density at radius 3 is 2.38 bits per heavy atom. The number of ether oxygens (including phenoxy) is 2. The van der Waals surface area contributed by atoms with Crippen molar-refractivity contribution in [2.45, 2.75) is 70.1 Å². The Morgan fingerprint density at radius 1 is 1.03 bits per heavy atom. The predicted octanol–water partition coefficient (Wildman–Crippen LogP) is 4.02. The van der Waals surface area contributed by atoms with Crippen molar-refractivity contribution in [3.8, 4) is 5.75 Å². The highest BCUT2D eigenvalue weighted by Crippen LogP contribution is 2.26. The second kappa shape index (κ2) is 10.3. The van der Waals surface area contributed by atoms with Crippen LogP contribution in [0.25, 0.3) is 0 Å². The normalized spacial score (nSPS) is 19.8. The van der Waals surface area contributed by atoms with E-state index in [2.05, 4.69) is 15.0 Å². The van der Waals surface area contributed by atoms with Gasteiger partial charge in [0.15, 0.2) is 0 Å². The number of carbonyl (C=O) groups excluding carboxylic acids is 1. The molecule has 1 amide bonds. The quantitative estimate of drug-likeness (QED) is 0.732. The van der Waals surface area contributed by atoms with Gasteiger partial charge in [-0.1, -0.05) is 37.5 Å². The Labute approximate surface area is 169 Å². The molecule has 2 aliphatic rings. The fourth-order valence-corrected chi connectivity index (χ4v) is 4.00. The second-order valence-electron chi connectivity index (χ2n) is 7.80. The summed E-state index contributed by atoms with van der Waals surface area (Å²) in [6.45, 7) is 1.81. The molecule has 0 radical (unpaired) electrons. The second-order valence-corrected chi connectivity index (χ2v) is 7.80. The lowest BCUT2D eigenvalue weighted by Crippen LogP contribution is -2.43. The van der Waals surface area contributed by atoms with Crippen molar-refractivity contribution in [2.75, 3.05) is 19.6 Å². The number of piperidine rings is 1. The topological polar surface area (TPSA) is 50.8 Å². The van der Waals surface area contributed by atoms with E-state index >= 15 is 0 Å². The summed E-state index contributed by atoms with van der Waals surface area (Å²) in [7, 11) is 0. The lowest BCUT2D eigenvalue weighted by atomic mass is 9.97. The van der Waals surface area contributed by atoms with Gasteiger partial charge in [0.2, 0.25) is 5.91 Å². The fraction of sp³-hybridized carbons (Fsp3) is 0.667. The Kier molecular flexibility index (Phi) is 7.77. The van der Waals surface area contributed by atoms with Crippen LogP contribution in [0.2, 0.25) is 0 Å². The Hall–Kier alpha value is -1.80. The van der Waals surface area contributed by atoms with Gasteiger partial charge >= 0.3 is 6.36 Å². The summed E-state index contributed by atoms with van der Waals surface area (Å²) in [5.74, 6) is -0.501. The van der Waals surface area contributed by atoms with Crippen molar-refractivity contribution in [3.05, 3.63) is 29.8 Å². The molecule has 0 unspecified atom stereocenters. The van der Waals surface area contributed by atoms with Crippen molar-refractivity contribution in [1.82, 2.24) is 10.2 Å². The largest absolute Gasteiger partial charge is 0.573 e. The minimum Gasteiger partial charge on any atom is -0.405 e. The van der Waals surface area contributed by atoms with Crippen LogP contribution in [-0.2, 0) is 16.1 Å². The Balaban J connectivity index is 1.38. The van der Waals surface area contributed by atoms with Gasteiger partial charge in [0, 0.05) is 25.2 Å². The van der Waals surface area contributed by atoms with Crippen LogP contribution in [0.4, 0.5) is 13.2 Å². The zero-order valence-corrected chi connectivity index (χ0v) is 16.5. The van der Waals surface area contributed by atoms with Crippen molar-refractivity contribution in [2.24, 2.45) is 0 Å². The molecule has 1 N–H and O–H groups in total. The van der Waals surface area contributed by atoms with E-state index in [1.807, 2.05) is 0 Å². The number of halogens is 3. The highest BCUT2D eigenvalue weighted by atomic mass is 19.4. The van der Waals surface area contributed by atoms with Crippen LogP contribution in [0.3, 0.4) is 0 Å². The van der Waals surface area contributed by atoms with Gasteiger partial charge < -0.3 is 14.8 Å². The molecule has 1 aliphatic heterocycles. The number of hydrogen-bond acceptors (Lipinski definition) is 4. The summed E-state index contributed by atoms with van der Waals surface area (Å²) in [5, 5.41) is 2.69. The first-order valence-electron chi connectivity index (χ1n) is 10.4. The van der Waals surface area contributed by atoms with Gasteiger partial charge in [-0.05, 0) is 31.7 Å².